The van der Waals surface area contributed by atoms with Crippen LogP contribution in [0.25, 0.3) is 0 Å². The first kappa shape index (κ1) is 22.7. The summed E-state index contributed by atoms with van der Waals surface area (Å²) in [6.07, 6.45) is 0. The first-order valence-corrected chi connectivity index (χ1v) is 11.6. The lowest BCUT2D eigenvalue weighted by Crippen LogP contribution is -2.30. The van der Waals surface area contributed by atoms with Gasteiger partial charge in [0.15, 0.2) is 0 Å². The molecule has 0 aliphatic heterocycles. The highest BCUT2D eigenvalue weighted by atomic mass is 32.2. The molecular formula is C25H27NO4S. The van der Waals surface area contributed by atoms with Crippen molar-refractivity contribution in [2.75, 3.05) is 6.61 Å². The van der Waals surface area contributed by atoms with Gasteiger partial charge in [0.05, 0.1) is 17.1 Å². The van der Waals surface area contributed by atoms with Crippen molar-refractivity contribution in [1.29, 1.82) is 0 Å². The summed E-state index contributed by atoms with van der Waals surface area (Å²) in [7, 11) is -3.72. The van der Waals surface area contributed by atoms with Crippen molar-refractivity contribution < 1.29 is 17.9 Å². The van der Waals surface area contributed by atoms with Gasteiger partial charge in [0.25, 0.3) is 0 Å². The molecule has 0 unspecified atom stereocenters. The van der Waals surface area contributed by atoms with Crippen LogP contribution < -0.4 is 0 Å². The van der Waals surface area contributed by atoms with Gasteiger partial charge in [-0.3, -0.25) is 0 Å². The van der Waals surface area contributed by atoms with Crippen LogP contribution in [0.3, 0.4) is 0 Å². The molecule has 0 saturated heterocycles. The Balaban J connectivity index is 1.92. The van der Waals surface area contributed by atoms with Crippen molar-refractivity contribution in [2.45, 2.75) is 38.8 Å². The molecule has 162 valence electrons. The van der Waals surface area contributed by atoms with E-state index in [0.717, 1.165) is 22.3 Å². The molecule has 0 fully saturated rings. The second-order valence-corrected chi connectivity index (χ2v) is 9.43. The molecule has 0 bridgehead atoms. The minimum atomic E-state index is -3.72. The quantitative estimate of drug-likeness (QED) is 0.472. The SMILES string of the molecule is CCOC(=O)c1ccc(CN(Cc2ccc(C)cc2)S(=O)(=O)c2cccc(C)c2)cc1. The molecule has 5 nitrogen and oxygen atoms in total. The standard InChI is InChI=1S/C25H27NO4S/c1-4-30-25(27)23-14-12-22(13-15-23)18-26(17-21-10-8-19(2)9-11-21)31(28,29)24-7-5-6-20(3)16-24/h5-16H,4,17-18H2,1-3H3. The van der Waals surface area contributed by atoms with Crippen LogP contribution in [0.1, 0.15) is 39.5 Å². The summed E-state index contributed by atoms with van der Waals surface area (Å²) in [5.74, 6) is -0.391. The van der Waals surface area contributed by atoms with Crippen molar-refractivity contribution in [3.05, 3.63) is 101 Å². The van der Waals surface area contributed by atoms with Crippen molar-refractivity contribution in [3.63, 3.8) is 0 Å². The number of aryl methyl sites for hydroxylation is 2. The monoisotopic (exact) mass is 437 g/mol. The summed E-state index contributed by atoms with van der Waals surface area (Å²) in [5, 5.41) is 0. The van der Waals surface area contributed by atoms with Gasteiger partial charge in [-0.1, -0.05) is 54.1 Å². The Labute approximate surface area is 184 Å². The molecule has 0 amide bonds. The molecule has 0 aliphatic rings. The summed E-state index contributed by atoms with van der Waals surface area (Å²) in [6, 6.07) is 21.6. The molecule has 0 radical (unpaired) electrons. The number of nitrogens with zero attached hydrogens (tertiary/aromatic N) is 1. The lowest BCUT2D eigenvalue weighted by molar-refractivity contribution is 0.0526. The fourth-order valence-corrected chi connectivity index (χ4v) is 4.73. The van der Waals surface area contributed by atoms with Gasteiger partial charge in [-0.05, 0) is 61.7 Å². The van der Waals surface area contributed by atoms with E-state index in [1.165, 1.54) is 4.31 Å². The predicted molar refractivity (Wildman–Crippen MR) is 121 cm³/mol. The van der Waals surface area contributed by atoms with Gasteiger partial charge in [-0.15, -0.1) is 0 Å². The molecular weight excluding hydrogens is 410 g/mol. The second-order valence-electron chi connectivity index (χ2n) is 7.49. The lowest BCUT2D eigenvalue weighted by Gasteiger charge is -2.23. The summed E-state index contributed by atoms with van der Waals surface area (Å²) in [4.78, 5) is 12.2. The maximum atomic E-state index is 13.5. The summed E-state index contributed by atoms with van der Waals surface area (Å²) >= 11 is 0. The Morgan fingerprint density at radius 1 is 0.839 bits per heavy atom. The molecule has 0 spiro atoms. The van der Waals surface area contributed by atoms with E-state index in [0.29, 0.717) is 12.2 Å². The molecule has 3 aromatic rings. The average molecular weight is 438 g/mol. The van der Waals surface area contributed by atoms with E-state index in [9.17, 15) is 13.2 Å². The maximum absolute atomic E-state index is 13.5. The highest BCUT2D eigenvalue weighted by Crippen LogP contribution is 2.22. The topological polar surface area (TPSA) is 63.7 Å². The molecule has 0 saturated carbocycles. The van der Waals surface area contributed by atoms with Gasteiger partial charge in [-0.2, -0.15) is 4.31 Å². The average Bonchev–Trinajstić information content (AvgIpc) is 2.75. The highest BCUT2D eigenvalue weighted by Gasteiger charge is 2.25. The number of hydrogen-bond donors (Lipinski definition) is 0. The van der Waals surface area contributed by atoms with Crippen molar-refractivity contribution in [1.82, 2.24) is 4.31 Å². The van der Waals surface area contributed by atoms with Crippen molar-refractivity contribution >= 4 is 16.0 Å². The maximum Gasteiger partial charge on any atom is 0.338 e. The lowest BCUT2D eigenvalue weighted by atomic mass is 10.1. The molecule has 6 heteroatoms. The van der Waals surface area contributed by atoms with E-state index >= 15 is 0 Å². The number of ether oxygens (including phenoxy) is 1. The minimum absolute atomic E-state index is 0.188. The van der Waals surface area contributed by atoms with E-state index in [4.69, 9.17) is 4.74 Å². The zero-order valence-corrected chi connectivity index (χ0v) is 18.9. The Bertz CT molecular complexity index is 1140. The summed E-state index contributed by atoms with van der Waals surface area (Å²) < 4.78 is 33.4. The summed E-state index contributed by atoms with van der Waals surface area (Å²) in [5.41, 5.74) is 4.14. The first-order chi connectivity index (χ1) is 14.8. The zero-order chi connectivity index (χ0) is 22.4. The first-order valence-electron chi connectivity index (χ1n) is 10.2. The van der Waals surface area contributed by atoms with Gasteiger partial charge < -0.3 is 4.74 Å². The largest absolute Gasteiger partial charge is 0.462 e. The van der Waals surface area contributed by atoms with E-state index in [2.05, 4.69) is 0 Å². The Morgan fingerprint density at radius 2 is 1.42 bits per heavy atom. The zero-order valence-electron chi connectivity index (χ0n) is 18.0. The third-order valence-corrected chi connectivity index (χ3v) is 6.72. The Morgan fingerprint density at radius 3 is 1.97 bits per heavy atom. The van der Waals surface area contributed by atoms with E-state index < -0.39 is 16.0 Å². The van der Waals surface area contributed by atoms with Crippen molar-refractivity contribution in [2.24, 2.45) is 0 Å². The van der Waals surface area contributed by atoms with E-state index in [-0.39, 0.29) is 18.0 Å². The number of carbonyl (C=O) groups excluding carboxylic acids is 1. The molecule has 0 aliphatic carbocycles. The van der Waals surface area contributed by atoms with Gasteiger partial charge >= 0.3 is 5.97 Å². The number of benzene rings is 3. The normalized spacial score (nSPS) is 11.5. The Hall–Kier alpha value is -2.96. The number of esters is 1. The highest BCUT2D eigenvalue weighted by molar-refractivity contribution is 7.89. The Kier molecular flexibility index (Phi) is 7.25. The van der Waals surface area contributed by atoms with Gasteiger partial charge in [-0.25, -0.2) is 13.2 Å². The second kappa shape index (κ2) is 9.90. The van der Waals surface area contributed by atoms with Crippen LogP contribution in [0.2, 0.25) is 0 Å². The van der Waals surface area contributed by atoms with Crippen LogP contribution >= 0.6 is 0 Å². The van der Waals surface area contributed by atoms with Crippen LogP contribution in [0.5, 0.6) is 0 Å². The van der Waals surface area contributed by atoms with Gasteiger partial charge in [0.1, 0.15) is 0 Å². The van der Waals surface area contributed by atoms with Crippen LogP contribution in [-0.2, 0) is 27.8 Å². The third-order valence-electron chi connectivity index (χ3n) is 4.93. The van der Waals surface area contributed by atoms with Gasteiger partial charge in [0.2, 0.25) is 10.0 Å². The number of hydrogen-bond acceptors (Lipinski definition) is 4. The third kappa shape index (κ3) is 5.81. The summed E-state index contributed by atoms with van der Waals surface area (Å²) in [6.45, 7) is 6.36. The van der Waals surface area contributed by atoms with Crippen LogP contribution in [0.4, 0.5) is 0 Å². The van der Waals surface area contributed by atoms with Crippen molar-refractivity contribution in [3.8, 4) is 0 Å². The van der Waals surface area contributed by atoms with E-state index in [1.807, 2.05) is 44.2 Å². The molecule has 3 aromatic carbocycles. The van der Waals surface area contributed by atoms with Gasteiger partial charge in [0, 0.05) is 13.1 Å². The molecule has 0 atom stereocenters. The molecule has 31 heavy (non-hydrogen) atoms. The van der Waals surface area contributed by atoms with E-state index in [1.54, 1.807) is 49.4 Å². The molecule has 3 rings (SSSR count). The fraction of sp³-hybridized carbons (Fsp3) is 0.240. The minimum Gasteiger partial charge on any atom is -0.462 e. The molecule has 0 aromatic heterocycles. The number of sulfonamides is 1. The fourth-order valence-electron chi connectivity index (χ4n) is 3.21. The number of carbonyl (C=O) groups is 1. The van der Waals surface area contributed by atoms with Crippen LogP contribution in [-0.4, -0.2) is 25.3 Å². The predicted octanol–water partition coefficient (Wildman–Crippen LogP) is 4.87. The smallest absolute Gasteiger partial charge is 0.338 e. The van der Waals surface area contributed by atoms with Crippen LogP contribution in [0, 0.1) is 13.8 Å². The molecule has 0 N–H and O–H groups in total. The molecule has 0 heterocycles. The van der Waals surface area contributed by atoms with Crippen LogP contribution in [0.15, 0.2) is 77.7 Å². The number of rotatable bonds is 8.